The first-order valence-corrected chi connectivity index (χ1v) is 12.7. The van der Waals surface area contributed by atoms with Gasteiger partial charge in [0.2, 0.25) is 0 Å². The van der Waals surface area contributed by atoms with Gasteiger partial charge in [-0.1, -0.05) is 137 Å². The summed E-state index contributed by atoms with van der Waals surface area (Å²) in [6.07, 6.45) is 1.89. The summed E-state index contributed by atoms with van der Waals surface area (Å²) in [5.74, 6) is 0. The van der Waals surface area contributed by atoms with Crippen LogP contribution in [-0.2, 0) is 20.1 Å². The Bertz CT molecular complexity index is 1660. The molecule has 0 saturated carbocycles. The second-order valence-electron chi connectivity index (χ2n) is 9.46. The van der Waals surface area contributed by atoms with Crippen molar-refractivity contribution in [3.05, 3.63) is 146 Å². The molecule has 0 amide bonds. The fraction of sp³-hybridized carbons (Fsp3) is 0. The van der Waals surface area contributed by atoms with Crippen molar-refractivity contribution in [1.82, 2.24) is 4.98 Å². The monoisotopic (exact) mass is 661 g/mol. The quantitative estimate of drug-likeness (QED) is 0.158. The average Bonchev–Trinajstić information content (AvgIpc) is 3.31. The van der Waals surface area contributed by atoms with Gasteiger partial charge in [0.1, 0.15) is 0 Å². The summed E-state index contributed by atoms with van der Waals surface area (Å²) in [5, 5.41) is 0. The van der Waals surface area contributed by atoms with Crippen molar-refractivity contribution >= 4 is 23.1 Å². The van der Waals surface area contributed by atoms with Crippen molar-refractivity contribution in [2.24, 2.45) is 0 Å². The first-order chi connectivity index (χ1) is 18.4. The second-order valence-corrected chi connectivity index (χ2v) is 9.46. The second kappa shape index (κ2) is 10.4. The fourth-order valence-corrected chi connectivity index (χ4v) is 5.70. The molecule has 6 aromatic rings. The molecule has 0 atom stereocenters. The van der Waals surface area contributed by atoms with Gasteiger partial charge in [-0.3, -0.25) is 0 Å². The summed E-state index contributed by atoms with van der Waals surface area (Å²) in [6, 6.07) is 51.1. The van der Waals surface area contributed by atoms with E-state index < -0.39 is 0 Å². The molecule has 1 aromatic heterocycles. The van der Waals surface area contributed by atoms with Gasteiger partial charge in [-0.05, 0) is 34.0 Å². The van der Waals surface area contributed by atoms with Gasteiger partial charge in [0, 0.05) is 26.3 Å². The summed E-state index contributed by atoms with van der Waals surface area (Å²) in [5.41, 5.74) is 13.3. The number of rotatable bonds is 4. The molecule has 1 aliphatic heterocycles. The first kappa shape index (κ1) is 24.3. The molecule has 38 heavy (non-hydrogen) atoms. The maximum atomic E-state index is 4.85. The van der Waals surface area contributed by atoms with E-state index in [-0.39, 0.29) is 26.8 Å². The summed E-state index contributed by atoms with van der Waals surface area (Å²) >= 11 is 0. The molecule has 0 aliphatic carbocycles. The van der Waals surface area contributed by atoms with E-state index in [1.807, 2.05) is 6.20 Å². The Labute approximate surface area is 237 Å². The van der Waals surface area contributed by atoms with Crippen LogP contribution in [0.25, 0.3) is 44.6 Å². The van der Waals surface area contributed by atoms with Crippen molar-refractivity contribution in [1.29, 1.82) is 0 Å². The molecule has 0 spiro atoms. The molecule has 1 nitrogen and oxygen atoms in total. The van der Waals surface area contributed by atoms with Crippen molar-refractivity contribution in [3.63, 3.8) is 0 Å². The number of hydrogen-bond acceptors (Lipinski definition) is 1. The van der Waals surface area contributed by atoms with Crippen molar-refractivity contribution in [2.45, 2.75) is 0 Å². The maximum Gasteiger partial charge on any atom is 0.183 e. The van der Waals surface area contributed by atoms with Gasteiger partial charge >= 0.3 is 0 Å². The van der Waals surface area contributed by atoms with Crippen LogP contribution in [-0.4, -0.2) is 11.7 Å². The molecule has 1 aliphatic rings. The summed E-state index contributed by atoms with van der Waals surface area (Å²) < 4.78 is 0. The molecule has 3 heteroatoms. The van der Waals surface area contributed by atoms with E-state index >= 15 is 0 Å². The molecule has 0 fully saturated rings. The normalized spacial score (nSPS) is 11.4. The number of aromatic nitrogens is 1. The van der Waals surface area contributed by atoms with E-state index in [4.69, 9.17) is 4.98 Å². The van der Waals surface area contributed by atoms with Crippen LogP contribution in [0.1, 0.15) is 0 Å². The SMILES string of the molecule is [Ir].[c-]1cc(-c2ccccc2)cc2c1-c1ncccc1B2c1c(-c2ccccc2)cccc1-c1ccccc1. The standard InChI is InChI=1S/C35H23BN.Ir/c1-4-12-25(13-5-1)28-21-22-31-33(24-28)36(32-20-11-23-37-35(31)32)34-29(26-14-6-2-7-15-26)18-10-19-30(34)27-16-8-3-9-17-27;/h1-21,23-24H;/q-1;. The molecule has 0 bridgehead atoms. The Morgan fingerprint density at radius 1 is 0.526 bits per heavy atom. The van der Waals surface area contributed by atoms with Crippen LogP contribution in [0.4, 0.5) is 0 Å². The fourth-order valence-electron chi connectivity index (χ4n) is 5.70. The van der Waals surface area contributed by atoms with E-state index in [9.17, 15) is 0 Å². The molecule has 7 rings (SSSR count). The molecule has 0 saturated heterocycles. The van der Waals surface area contributed by atoms with E-state index in [0.717, 1.165) is 11.3 Å². The van der Waals surface area contributed by atoms with Gasteiger partial charge < -0.3 is 4.98 Å². The molecular formula is C35H23BIrN-. The third-order valence-corrected chi connectivity index (χ3v) is 7.34. The van der Waals surface area contributed by atoms with Crippen molar-refractivity contribution in [3.8, 4) is 44.6 Å². The number of hydrogen-bond donors (Lipinski definition) is 0. The molecule has 181 valence electrons. The molecular weight excluding hydrogens is 637 g/mol. The minimum atomic E-state index is 0. The smallest absolute Gasteiger partial charge is 0.183 e. The third kappa shape index (κ3) is 4.15. The predicted molar refractivity (Wildman–Crippen MR) is 156 cm³/mol. The zero-order valence-corrected chi connectivity index (χ0v) is 23.0. The zero-order valence-electron chi connectivity index (χ0n) is 20.6. The van der Waals surface area contributed by atoms with E-state index in [1.54, 1.807) is 0 Å². The number of fused-ring (bicyclic) bond motifs is 3. The average molecular weight is 661 g/mol. The number of pyridine rings is 1. The Morgan fingerprint density at radius 2 is 1.11 bits per heavy atom. The van der Waals surface area contributed by atoms with Crippen LogP contribution in [0, 0.1) is 6.07 Å². The van der Waals surface area contributed by atoms with Crippen molar-refractivity contribution in [2.75, 3.05) is 0 Å². The van der Waals surface area contributed by atoms with Crippen LogP contribution in [0.5, 0.6) is 0 Å². The van der Waals surface area contributed by atoms with Crippen LogP contribution in [0.2, 0.25) is 0 Å². The third-order valence-electron chi connectivity index (χ3n) is 7.34. The number of nitrogens with zero attached hydrogens (tertiary/aromatic N) is 1. The Kier molecular flexibility index (Phi) is 6.64. The summed E-state index contributed by atoms with van der Waals surface area (Å²) in [6.45, 7) is 0.0465. The topological polar surface area (TPSA) is 12.9 Å². The van der Waals surface area contributed by atoms with Gasteiger partial charge in [0.05, 0.1) is 0 Å². The van der Waals surface area contributed by atoms with Crippen LogP contribution in [0.3, 0.4) is 0 Å². The number of benzene rings is 5. The Balaban J connectivity index is 0.00000264. The molecule has 2 heterocycles. The van der Waals surface area contributed by atoms with E-state index in [1.165, 1.54) is 49.8 Å². The summed E-state index contributed by atoms with van der Waals surface area (Å²) in [4.78, 5) is 4.85. The molecule has 0 N–H and O–H groups in total. The zero-order chi connectivity index (χ0) is 24.6. The van der Waals surface area contributed by atoms with Crippen LogP contribution < -0.4 is 16.4 Å². The molecule has 1 radical (unpaired) electrons. The van der Waals surface area contributed by atoms with Crippen LogP contribution >= 0.6 is 0 Å². The first-order valence-electron chi connectivity index (χ1n) is 12.7. The Morgan fingerprint density at radius 3 is 1.71 bits per heavy atom. The Hall–Kier alpha value is -4.04. The van der Waals surface area contributed by atoms with Gasteiger partial charge in [0.15, 0.2) is 6.71 Å². The molecule has 0 unspecified atom stereocenters. The minimum absolute atomic E-state index is 0. The van der Waals surface area contributed by atoms with Crippen LogP contribution in [0.15, 0.2) is 140 Å². The predicted octanol–water partition coefficient (Wildman–Crippen LogP) is 6.38. The summed E-state index contributed by atoms with van der Waals surface area (Å²) in [7, 11) is 0. The van der Waals surface area contributed by atoms with Gasteiger partial charge in [-0.2, -0.15) is 0 Å². The van der Waals surface area contributed by atoms with Crippen molar-refractivity contribution < 1.29 is 20.1 Å². The van der Waals surface area contributed by atoms with Gasteiger partial charge in [0.25, 0.3) is 0 Å². The molecule has 5 aromatic carbocycles. The van der Waals surface area contributed by atoms with E-state index in [2.05, 4.69) is 140 Å². The minimum Gasteiger partial charge on any atom is -0.305 e. The van der Waals surface area contributed by atoms with E-state index in [0.29, 0.717) is 0 Å². The maximum absolute atomic E-state index is 4.85. The largest absolute Gasteiger partial charge is 0.305 e. The van der Waals surface area contributed by atoms with Gasteiger partial charge in [-0.25, -0.2) is 0 Å². The van der Waals surface area contributed by atoms with Gasteiger partial charge in [-0.15, -0.1) is 29.2 Å².